The highest BCUT2D eigenvalue weighted by molar-refractivity contribution is 5.85. The van der Waals surface area contributed by atoms with Crippen molar-refractivity contribution >= 4 is 16.8 Å². The van der Waals surface area contributed by atoms with Crippen LogP contribution in [0.2, 0.25) is 0 Å². The number of aromatic amines is 1. The average molecular weight is 467 g/mol. The molecular formula is C29H42N2O3. The van der Waals surface area contributed by atoms with E-state index in [0.29, 0.717) is 29.6 Å². The third-order valence-electron chi connectivity index (χ3n) is 11.4. The molecule has 0 spiro atoms. The molecule has 0 unspecified atom stereocenters. The number of carbonyl (C=O) groups is 1. The molecular weight excluding hydrogens is 424 g/mol. The van der Waals surface area contributed by atoms with E-state index < -0.39 is 5.60 Å². The molecule has 2 N–H and O–H groups in total. The van der Waals surface area contributed by atoms with Gasteiger partial charge in [-0.25, -0.2) is 0 Å². The fourth-order valence-electron chi connectivity index (χ4n) is 9.46. The lowest BCUT2D eigenvalue weighted by atomic mass is 9.44. The topological polar surface area (TPSA) is 67.2 Å². The van der Waals surface area contributed by atoms with Crippen LogP contribution in [0.4, 0.5) is 0 Å². The smallest absolute Gasteiger partial charge is 0.157 e. The molecule has 4 aliphatic rings. The number of hydrogen-bond acceptors (Lipinski definition) is 3. The van der Waals surface area contributed by atoms with E-state index in [1.54, 1.807) is 7.11 Å². The van der Waals surface area contributed by atoms with Gasteiger partial charge < -0.3 is 9.84 Å². The Morgan fingerprint density at radius 2 is 1.85 bits per heavy atom. The zero-order valence-corrected chi connectivity index (χ0v) is 21.4. The molecule has 8 atom stereocenters. The number of Topliss-reactive ketones (excluding diaryl/α,β-unsaturated/α-hetero) is 1. The van der Waals surface area contributed by atoms with Crippen LogP contribution in [0.25, 0.3) is 11.0 Å². The van der Waals surface area contributed by atoms with Crippen molar-refractivity contribution in [1.82, 2.24) is 9.78 Å². The number of rotatable bonds is 4. The van der Waals surface area contributed by atoms with Crippen LogP contribution >= 0.6 is 0 Å². The number of aliphatic hydroxyl groups is 1. The first kappa shape index (κ1) is 22.7. The molecule has 0 radical (unpaired) electrons. The summed E-state index contributed by atoms with van der Waals surface area (Å²) in [6.07, 6.45) is 10.4. The summed E-state index contributed by atoms with van der Waals surface area (Å²) in [4.78, 5) is 13.7. The van der Waals surface area contributed by atoms with Gasteiger partial charge in [0.05, 0.1) is 30.3 Å². The van der Waals surface area contributed by atoms with Gasteiger partial charge in [0.25, 0.3) is 0 Å². The highest BCUT2D eigenvalue weighted by Crippen LogP contribution is 2.68. The fraction of sp³-hybridized carbons (Fsp3) is 0.759. The van der Waals surface area contributed by atoms with Gasteiger partial charge in [0.1, 0.15) is 5.75 Å². The fourth-order valence-corrected chi connectivity index (χ4v) is 9.46. The first-order valence-electron chi connectivity index (χ1n) is 13.6. The van der Waals surface area contributed by atoms with Gasteiger partial charge in [-0.2, -0.15) is 0 Å². The lowest BCUT2D eigenvalue weighted by Gasteiger charge is -2.61. The van der Waals surface area contributed by atoms with Crippen molar-refractivity contribution < 1.29 is 14.6 Å². The van der Waals surface area contributed by atoms with Crippen molar-refractivity contribution in [2.75, 3.05) is 7.11 Å². The van der Waals surface area contributed by atoms with Crippen molar-refractivity contribution in [2.45, 2.75) is 90.7 Å². The van der Waals surface area contributed by atoms with Gasteiger partial charge in [0, 0.05) is 12.0 Å². The number of hydrogen-bond donors (Lipinski definition) is 2. The standard InChI is InChI=1S/C29H42N2O3/c1-27(33)13-14-28(2)18(16-27)5-7-20-21-8-9-23(29(21,3)12-11-22(20)28)26(32)17-31-25-15-19(34-4)6-10-24(25)30-31/h6,10,15,18,20-23,30,33H,5,7-9,11-14,16-17H2,1-4H3/t18-,20+,21+,22+,23-,27-,28+,29+/m1/s1. The lowest BCUT2D eigenvalue weighted by Crippen LogP contribution is -2.55. The molecule has 186 valence electrons. The molecule has 0 aliphatic heterocycles. The first-order chi connectivity index (χ1) is 16.1. The summed E-state index contributed by atoms with van der Waals surface area (Å²) in [6.45, 7) is 7.48. The summed E-state index contributed by atoms with van der Waals surface area (Å²) < 4.78 is 7.38. The van der Waals surface area contributed by atoms with Crippen molar-refractivity contribution in [2.24, 2.45) is 40.4 Å². The van der Waals surface area contributed by atoms with Gasteiger partial charge >= 0.3 is 0 Å². The Bertz CT molecular complexity index is 1100. The number of ketones is 1. The molecule has 2 aromatic rings. The first-order valence-corrected chi connectivity index (χ1v) is 13.6. The second kappa shape index (κ2) is 7.62. The third kappa shape index (κ3) is 3.25. The molecule has 4 aliphatic carbocycles. The molecule has 0 saturated heterocycles. The van der Waals surface area contributed by atoms with Crippen LogP contribution in [0.5, 0.6) is 5.75 Å². The third-order valence-corrected chi connectivity index (χ3v) is 11.4. The van der Waals surface area contributed by atoms with Crippen LogP contribution in [0.1, 0.15) is 78.6 Å². The lowest BCUT2D eigenvalue weighted by molar-refractivity contribution is -0.151. The van der Waals surface area contributed by atoms with E-state index in [1.165, 1.54) is 38.5 Å². The van der Waals surface area contributed by atoms with Crippen LogP contribution < -0.4 is 4.74 Å². The number of nitrogens with one attached hydrogen (secondary N) is 1. The summed E-state index contributed by atoms with van der Waals surface area (Å²) in [5, 5.41) is 14.1. The number of benzene rings is 1. The highest BCUT2D eigenvalue weighted by Gasteiger charge is 2.61. The van der Waals surface area contributed by atoms with Gasteiger partial charge in [0.15, 0.2) is 5.78 Å². The molecule has 5 nitrogen and oxygen atoms in total. The molecule has 4 saturated carbocycles. The normalized spacial score (nSPS) is 43.9. The second-order valence-electron chi connectivity index (χ2n) is 13.1. The van der Waals surface area contributed by atoms with Gasteiger partial charge in [-0.05, 0) is 111 Å². The Hall–Kier alpha value is -1.75. The van der Waals surface area contributed by atoms with Crippen molar-refractivity contribution in [1.29, 1.82) is 0 Å². The highest BCUT2D eigenvalue weighted by atomic mass is 16.5. The summed E-state index contributed by atoms with van der Waals surface area (Å²) in [7, 11) is 1.68. The predicted octanol–water partition coefficient (Wildman–Crippen LogP) is 5.96. The Labute approximate surface area is 203 Å². The number of methoxy groups -OCH3 is 1. The molecule has 0 bridgehead atoms. The van der Waals surface area contributed by atoms with E-state index in [1.807, 2.05) is 29.8 Å². The maximum atomic E-state index is 13.7. The number of nitrogens with zero attached hydrogens (tertiary/aromatic N) is 1. The molecule has 1 heterocycles. The number of ether oxygens (including phenoxy) is 1. The number of fused-ring (bicyclic) bond motifs is 6. The minimum atomic E-state index is -0.474. The van der Waals surface area contributed by atoms with Gasteiger partial charge in [-0.15, -0.1) is 0 Å². The maximum absolute atomic E-state index is 13.7. The summed E-state index contributed by atoms with van der Waals surface area (Å²) in [6, 6.07) is 5.99. The molecule has 1 aromatic heterocycles. The Morgan fingerprint density at radius 1 is 1.06 bits per heavy atom. The van der Waals surface area contributed by atoms with Crippen LogP contribution in [0, 0.1) is 40.4 Å². The molecule has 6 rings (SSSR count). The number of H-pyrrole nitrogens is 1. The van der Waals surface area contributed by atoms with Crippen LogP contribution in [-0.2, 0) is 11.3 Å². The van der Waals surface area contributed by atoms with Crippen molar-refractivity contribution in [3.05, 3.63) is 18.2 Å². The van der Waals surface area contributed by atoms with E-state index in [4.69, 9.17) is 4.74 Å². The summed E-state index contributed by atoms with van der Waals surface area (Å²) in [5.41, 5.74) is 2.18. The second-order valence-corrected chi connectivity index (χ2v) is 13.1. The monoisotopic (exact) mass is 466 g/mol. The largest absolute Gasteiger partial charge is 0.497 e. The summed E-state index contributed by atoms with van der Waals surface area (Å²) >= 11 is 0. The van der Waals surface area contributed by atoms with Gasteiger partial charge in [-0.1, -0.05) is 13.8 Å². The minimum Gasteiger partial charge on any atom is -0.497 e. The van der Waals surface area contributed by atoms with Crippen molar-refractivity contribution in [3.8, 4) is 5.75 Å². The molecule has 1 aromatic carbocycles. The Morgan fingerprint density at radius 3 is 2.65 bits per heavy atom. The summed E-state index contributed by atoms with van der Waals surface area (Å²) in [5.74, 6) is 4.27. The van der Waals surface area contributed by atoms with E-state index in [2.05, 4.69) is 18.9 Å². The predicted molar refractivity (Wildman–Crippen MR) is 134 cm³/mol. The number of carbonyl (C=O) groups excluding carboxylic acids is 1. The minimum absolute atomic E-state index is 0.143. The van der Waals surface area contributed by atoms with Crippen molar-refractivity contribution in [3.63, 3.8) is 0 Å². The SMILES string of the molecule is COc1ccc2[nH]n(CC(=O)[C@H]3CC[C@H]4[C@@H]5CC[C@@H]6C[C@](C)(O)CC[C@]6(C)[C@H]5CC[C@]34C)c2c1. The molecule has 5 heteroatoms. The van der Waals surface area contributed by atoms with E-state index >= 15 is 0 Å². The molecule has 0 amide bonds. The van der Waals surface area contributed by atoms with Crippen LogP contribution in [0.15, 0.2) is 18.2 Å². The van der Waals surface area contributed by atoms with E-state index in [9.17, 15) is 9.90 Å². The average Bonchev–Trinajstić information content (AvgIpc) is 3.15. The van der Waals surface area contributed by atoms with E-state index in [-0.39, 0.29) is 11.3 Å². The Kier molecular flexibility index (Phi) is 5.09. The van der Waals surface area contributed by atoms with Crippen LogP contribution in [-0.4, -0.2) is 33.4 Å². The van der Waals surface area contributed by atoms with Gasteiger partial charge in [-0.3, -0.25) is 14.6 Å². The van der Waals surface area contributed by atoms with Crippen LogP contribution in [0.3, 0.4) is 0 Å². The maximum Gasteiger partial charge on any atom is 0.157 e. The van der Waals surface area contributed by atoms with Gasteiger partial charge in [0.2, 0.25) is 0 Å². The Balaban J connectivity index is 1.20. The van der Waals surface area contributed by atoms with E-state index in [0.717, 1.165) is 47.9 Å². The quantitative estimate of drug-likeness (QED) is 0.584. The molecule has 4 fully saturated rings. The number of aromatic nitrogens is 2. The zero-order chi connectivity index (χ0) is 23.9. The molecule has 34 heavy (non-hydrogen) atoms. The zero-order valence-electron chi connectivity index (χ0n) is 21.4.